The summed E-state index contributed by atoms with van der Waals surface area (Å²) in [7, 11) is 0. The zero-order chi connectivity index (χ0) is 26.3. The van der Waals surface area contributed by atoms with Crippen molar-refractivity contribution in [3.63, 3.8) is 0 Å². The van der Waals surface area contributed by atoms with Crippen LogP contribution in [0.2, 0.25) is 0 Å². The Balaban J connectivity index is 1.20. The maximum absolute atomic E-state index is 12.5. The fraction of sp³-hybridized carbons (Fsp3) is 0.552. The molecule has 4 unspecified atom stereocenters. The number of piperidine rings is 2. The normalized spacial score (nSPS) is 25.9. The molecular weight excluding hydrogens is 476 g/mol. The van der Waals surface area contributed by atoms with Crippen molar-refractivity contribution in [1.29, 1.82) is 0 Å². The fourth-order valence-corrected chi connectivity index (χ4v) is 6.35. The molecule has 1 amide bonds. The molecule has 9 nitrogen and oxygen atoms in total. The lowest BCUT2D eigenvalue weighted by Gasteiger charge is -2.34. The maximum Gasteiger partial charge on any atom is 0.224 e. The van der Waals surface area contributed by atoms with Crippen LogP contribution in [0.25, 0.3) is 11.0 Å². The van der Waals surface area contributed by atoms with Crippen molar-refractivity contribution in [3.05, 3.63) is 48.0 Å². The molecule has 0 radical (unpaired) electrons. The van der Waals surface area contributed by atoms with E-state index in [1.807, 2.05) is 12.4 Å². The number of carbonyl (C=O) groups is 1. The molecule has 3 fully saturated rings. The number of hydrogen-bond donors (Lipinski definition) is 5. The van der Waals surface area contributed by atoms with Crippen LogP contribution in [0.1, 0.15) is 76.2 Å². The second-order valence-electron chi connectivity index (χ2n) is 12.4. The zero-order valence-corrected chi connectivity index (χ0v) is 22.7. The molecule has 38 heavy (non-hydrogen) atoms. The number of carbonyl (C=O) groups excluding carboxylic acids is 1. The molecule has 3 aliphatic heterocycles. The highest BCUT2D eigenvalue weighted by atomic mass is 16.1. The van der Waals surface area contributed by atoms with E-state index in [0.29, 0.717) is 18.4 Å². The van der Waals surface area contributed by atoms with Crippen LogP contribution in [-0.4, -0.2) is 46.5 Å². The minimum absolute atomic E-state index is 0.0220. The Morgan fingerprint density at radius 3 is 2.79 bits per heavy atom. The zero-order valence-electron chi connectivity index (χ0n) is 22.7. The lowest BCUT2D eigenvalue weighted by Crippen LogP contribution is -2.46. The summed E-state index contributed by atoms with van der Waals surface area (Å²) in [5.41, 5.74) is 12.3. The van der Waals surface area contributed by atoms with Crippen molar-refractivity contribution in [2.24, 2.45) is 11.3 Å². The number of hydrogen-bond acceptors (Lipinski definition) is 7. The first-order chi connectivity index (χ1) is 18.3. The van der Waals surface area contributed by atoms with Crippen LogP contribution >= 0.6 is 0 Å². The molecule has 3 aromatic rings. The van der Waals surface area contributed by atoms with Gasteiger partial charge in [-0.3, -0.25) is 15.2 Å². The van der Waals surface area contributed by atoms with Gasteiger partial charge in [0.1, 0.15) is 5.65 Å². The van der Waals surface area contributed by atoms with Crippen LogP contribution in [0.3, 0.4) is 0 Å². The average molecular weight is 517 g/mol. The van der Waals surface area contributed by atoms with Crippen molar-refractivity contribution in [2.75, 3.05) is 29.9 Å². The minimum atomic E-state index is -0.0563. The summed E-state index contributed by atoms with van der Waals surface area (Å²) in [6, 6.07) is 7.19. The molecule has 4 atom stereocenters. The number of hydrazine groups is 1. The third-order valence-corrected chi connectivity index (χ3v) is 8.16. The van der Waals surface area contributed by atoms with E-state index in [-0.39, 0.29) is 23.4 Å². The van der Waals surface area contributed by atoms with Crippen molar-refractivity contribution >= 4 is 28.3 Å². The van der Waals surface area contributed by atoms with Gasteiger partial charge in [-0.05, 0) is 54.9 Å². The fourth-order valence-electron chi connectivity index (χ4n) is 6.35. The Labute approximate surface area is 224 Å². The maximum atomic E-state index is 12.5. The van der Waals surface area contributed by atoms with E-state index in [9.17, 15) is 4.79 Å². The summed E-state index contributed by atoms with van der Waals surface area (Å²) in [6.07, 6.45) is 10.8. The minimum Gasteiger partial charge on any atom is -0.371 e. The molecule has 3 aromatic heterocycles. The number of aromatic amines is 1. The Morgan fingerprint density at radius 2 is 1.97 bits per heavy atom. The van der Waals surface area contributed by atoms with Gasteiger partial charge in [-0.15, -0.1) is 0 Å². The predicted molar refractivity (Wildman–Crippen MR) is 151 cm³/mol. The second-order valence-corrected chi connectivity index (χ2v) is 12.4. The SMILES string of the molecule is CC(C)(C)CC(=O)Nc1cncc(C2CC3C(CN2)NNC3c2cc3c(N4CCCCC4)ccnc3[nH]2)c1. The topological polar surface area (TPSA) is 110 Å². The van der Waals surface area contributed by atoms with Gasteiger partial charge >= 0.3 is 0 Å². The van der Waals surface area contributed by atoms with E-state index < -0.39 is 0 Å². The van der Waals surface area contributed by atoms with E-state index in [2.05, 4.69) is 80.3 Å². The molecule has 0 aliphatic carbocycles. The molecule has 0 aromatic carbocycles. The first kappa shape index (κ1) is 25.3. The molecule has 202 valence electrons. The number of pyridine rings is 2. The highest BCUT2D eigenvalue weighted by molar-refractivity contribution is 5.91. The van der Waals surface area contributed by atoms with Crippen LogP contribution in [0, 0.1) is 11.3 Å². The van der Waals surface area contributed by atoms with Gasteiger partial charge in [-0.1, -0.05) is 20.8 Å². The van der Waals surface area contributed by atoms with Crippen molar-refractivity contribution in [3.8, 4) is 0 Å². The standard InChI is InChI=1S/C29H40N8O/c1-29(2,3)14-26(38)33-19-11-18(15-30-16-19)22-12-20-24(17-32-22)35-36-27(20)23-13-21-25(7-8-31-28(21)34-23)37-9-5-4-6-10-37/h7-8,11,13,15-16,20,22,24,27,32,35-36H,4-6,9-10,12,14,17H2,1-3H3,(H,31,34)(H,33,38). The molecule has 0 saturated carbocycles. The first-order valence-electron chi connectivity index (χ1n) is 14.1. The van der Waals surface area contributed by atoms with Gasteiger partial charge in [0.15, 0.2) is 0 Å². The van der Waals surface area contributed by atoms with Crippen LogP contribution < -0.4 is 26.4 Å². The summed E-state index contributed by atoms with van der Waals surface area (Å²) < 4.78 is 0. The van der Waals surface area contributed by atoms with Crippen molar-refractivity contribution in [1.82, 2.24) is 31.1 Å². The summed E-state index contributed by atoms with van der Waals surface area (Å²) in [5.74, 6) is 0.417. The molecule has 6 rings (SSSR count). The van der Waals surface area contributed by atoms with Gasteiger partial charge < -0.3 is 20.5 Å². The van der Waals surface area contributed by atoms with Crippen molar-refractivity contribution in [2.45, 2.75) is 71.0 Å². The van der Waals surface area contributed by atoms with Crippen LogP contribution in [0.5, 0.6) is 0 Å². The third-order valence-electron chi connectivity index (χ3n) is 8.16. The Morgan fingerprint density at radius 1 is 1.13 bits per heavy atom. The molecule has 0 spiro atoms. The Hall–Kier alpha value is -3.01. The summed E-state index contributed by atoms with van der Waals surface area (Å²) in [5, 5.41) is 7.94. The van der Waals surface area contributed by atoms with Crippen LogP contribution in [0.15, 0.2) is 36.8 Å². The van der Waals surface area contributed by atoms with Gasteiger partial charge in [0.2, 0.25) is 5.91 Å². The largest absolute Gasteiger partial charge is 0.371 e. The van der Waals surface area contributed by atoms with Gasteiger partial charge in [0.25, 0.3) is 0 Å². The van der Waals surface area contributed by atoms with Crippen LogP contribution in [-0.2, 0) is 4.79 Å². The average Bonchev–Trinajstić information content (AvgIpc) is 3.51. The quantitative estimate of drug-likeness (QED) is 0.346. The number of anilines is 2. The predicted octanol–water partition coefficient (Wildman–Crippen LogP) is 4.19. The second kappa shape index (κ2) is 10.3. The molecule has 6 heterocycles. The molecule has 3 aliphatic rings. The van der Waals surface area contributed by atoms with E-state index in [1.165, 1.54) is 36.0 Å². The van der Waals surface area contributed by atoms with Gasteiger partial charge in [-0.2, -0.15) is 0 Å². The van der Waals surface area contributed by atoms with Gasteiger partial charge in [0, 0.05) is 73.2 Å². The molecule has 3 saturated heterocycles. The van der Waals surface area contributed by atoms with Gasteiger partial charge in [0.05, 0.1) is 17.9 Å². The molecule has 9 heteroatoms. The Bertz CT molecular complexity index is 1290. The Kier molecular flexibility index (Phi) is 6.84. The number of rotatable bonds is 5. The number of nitrogens with one attached hydrogen (secondary N) is 5. The summed E-state index contributed by atoms with van der Waals surface area (Å²) in [6.45, 7) is 9.30. The summed E-state index contributed by atoms with van der Waals surface area (Å²) >= 11 is 0. The molecule has 0 bridgehead atoms. The van der Waals surface area contributed by atoms with E-state index in [4.69, 9.17) is 0 Å². The molecule has 5 N–H and O–H groups in total. The van der Waals surface area contributed by atoms with E-state index in [1.54, 1.807) is 6.20 Å². The lowest BCUT2D eigenvalue weighted by molar-refractivity contribution is -0.117. The van der Waals surface area contributed by atoms with E-state index in [0.717, 1.165) is 43.0 Å². The van der Waals surface area contributed by atoms with Crippen molar-refractivity contribution < 1.29 is 4.79 Å². The number of H-pyrrole nitrogens is 1. The lowest BCUT2D eigenvalue weighted by atomic mass is 9.81. The summed E-state index contributed by atoms with van der Waals surface area (Å²) in [4.78, 5) is 27.7. The highest BCUT2D eigenvalue weighted by Gasteiger charge is 2.42. The number of aromatic nitrogens is 3. The number of amides is 1. The first-order valence-corrected chi connectivity index (χ1v) is 14.1. The van der Waals surface area contributed by atoms with E-state index >= 15 is 0 Å². The number of nitrogens with zero attached hydrogens (tertiary/aromatic N) is 3. The number of fused-ring (bicyclic) bond motifs is 2. The smallest absolute Gasteiger partial charge is 0.224 e. The molecular formula is C29H40N8O. The highest BCUT2D eigenvalue weighted by Crippen LogP contribution is 2.40. The monoisotopic (exact) mass is 516 g/mol. The van der Waals surface area contributed by atoms with Crippen LogP contribution in [0.4, 0.5) is 11.4 Å². The van der Waals surface area contributed by atoms with Gasteiger partial charge in [-0.25, -0.2) is 10.4 Å². The third kappa shape index (κ3) is 5.28.